The van der Waals surface area contributed by atoms with Gasteiger partial charge in [0.05, 0.1) is 23.6 Å². The SMILES string of the molecule is Cc1ccccc1Cn1nc(C)c(NC(=O)c2ccn(COc3ccc(F)cc3F)n2)c1C. The molecule has 2 aromatic carbocycles. The van der Waals surface area contributed by atoms with Crippen molar-refractivity contribution >= 4 is 11.6 Å². The molecule has 0 unspecified atom stereocenters. The average molecular weight is 451 g/mol. The second kappa shape index (κ2) is 9.23. The maximum Gasteiger partial charge on any atom is 0.276 e. The molecule has 2 aromatic heterocycles. The smallest absolute Gasteiger partial charge is 0.276 e. The highest BCUT2D eigenvalue weighted by Gasteiger charge is 2.17. The van der Waals surface area contributed by atoms with Crippen molar-refractivity contribution in [2.75, 3.05) is 5.32 Å². The summed E-state index contributed by atoms with van der Waals surface area (Å²) in [6, 6.07) is 12.6. The number of amides is 1. The molecule has 0 spiro atoms. The molecular formula is C24H23F2N5O2. The van der Waals surface area contributed by atoms with Crippen LogP contribution >= 0.6 is 0 Å². The van der Waals surface area contributed by atoms with E-state index >= 15 is 0 Å². The van der Waals surface area contributed by atoms with E-state index in [-0.39, 0.29) is 18.2 Å². The normalized spacial score (nSPS) is 10.9. The Morgan fingerprint density at radius 3 is 2.61 bits per heavy atom. The molecule has 0 saturated heterocycles. The maximum absolute atomic E-state index is 13.7. The summed E-state index contributed by atoms with van der Waals surface area (Å²) in [4.78, 5) is 12.8. The third kappa shape index (κ3) is 4.92. The summed E-state index contributed by atoms with van der Waals surface area (Å²) in [5.74, 6) is -2.01. The Morgan fingerprint density at radius 1 is 1.06 bits per heavy atom. The number of halogens is 2. The number of benzene rings is 2. The number of carbonyl (C=O) groups excluding carboxylic acids is 1. The van der Waals surface area contributed by atoms with Crippen molar-refractivity contribution in [3.8, 4) is 5.75 Å². The first-order valence-corrected chi connectivity index (χ1v) is 10.3. The number of nitrogens with one attached hydrogen (secondary N) is 1. The van der Waals surface area contributed by atoms with Crippen LogP contribution in [0.1, 0.15) is 33.0 Å². The Bertz CT molecular complexity index is 1310. The van der Waals surface area contributed by atoms with Crippen molar-refractivity contribution in [3.63, 3.8) is 0 Å². The van der Waals surface area contributed by atoms with Crippen LogP contribution in [0, 0.1) is 32.4 Å². The van der Waals surface area contributed by atoms with E-state index in [1.807, 2.05) is 43.7 Å². The molecule has 1 amide bonds. The predicted octanol–water partition coefficient (Wildman–Crippen LogP) is 4.62. The number of hydrogen-bond acceptors (Lipinski definition) is 4. The minimum Gasteiger partial charge on any atom is -0.468 e. The number of nitrogens with zero attached hydrogens (tertiary/aromatic N) is 4. The van der Waals surface area contributed by atoms with Gasteiger partial charge < -0.3 is 10.1 Å². The lowest BCUT2D eigenvalue weighted by Crippen LogP contribution is -2.15. The van der Waals surface area contributed by atoms with Gasteiger partial charge in [0.25, 0.3) is 5.91 Å². The minimum absolute atomic E-state index is 0.106. The second-order valence-electron chi connectivity index (χ2n) is 7.67. The number of rotatable bonds is 7. The van der Waals surface area contributed by atoms with Crippen LogP contribution < -0.4 is 10.1 Å². The molecule has 0 fully saturated rings. The van der Waals surface area contributed by atoms with Crippen LogP contribution in [0.4, 0.5) is 14.5 Å². The van der Waals surface area contributed by atoms with Gasteiger partial charge in [0.2, 0.25) is 0 Å². The van der Waals surface area contributed by atoms with E-state index in [0.29, 0.717) is 17.9 Å². The highest BCUT2D eigenvalue weighted by Crippen LogP contribution is 2.22. The van der Waals surface area contributed by atoms with Crippen molar-refractivity contribution in [3.05, 3.63) is 94.6 Å². The molecule has 0 saturated carbocycles. The zero-order valence-electron chi connectivity index (χ0n) is 18.5. The first-order valence-electron chi connectivity index (χ1n) is 10.3. The summed E-state index contributed by atoms with van der Waals surface area (Å²) in [6.45, 7) is 6.25. The second-order valence-corrected chi connectivity index (χ2v) is 7.67. The molecule has 9 heteroatoms. The Kier molecular flexibility index (Phi) is 6.21. The molecule has 0 radical (unpaired) electrons. The predicted molar refractivity (Wildman–Crippen MR) is 119 cm³/mol. The van der Waals surface area contributed by atoms with E-state index in [2.05, 4.69) is 21.6 Å². The average Bonchev–Trinajstić information content (AvgIpc) is 3.35. The summed E-state index contributed by atoms with van der Waals surface area (Å²) in [6.07, 6.45) is 1.54. The van der Waals surface area contributed by atoms with E-state index in [0.717, 1.165) is 23.4 Å². The lowest BCUT2D eigenvalue weighted by molar-refractivity contribution is 0.102. The molecule has 33 heavy (non-hydrogen) atoms. The fourth-order valence-electron chi connectivity index (χ4n) is 3.44. The molecule has 0 aliphatic heterocycles. The van der Waals surface area contributed by atoms with E-state index < -0.39 is 17.5 Å². The largest absolute Gasteiger partial charge is 0.468 e. The monoisotopic (exact) mass is 451 g/mol. The van der Waals surface area contributed by atoms with Gasteiger partial charge in [-0.15, -0.1) is 0 Å². The van der Waals surface area contributed by atoms with Gasteiger partial charge in [0.15, 0.2) is 24.0 Å². The van der Waals surface area contributed by atoms with Crippen LogP contribution in [0.3, 0.4) is 0 Å². The van der Waals surface area contributed by atoms with Gasteiger partial charge in [0, 0.05) is 12.3 Å². The molecule has 7 nitrogen and oxygen atoms in total. The number of ether oxygens (including phenoxy) is 1. The highest BCUT2D eigenvalue weighted by atomic mass is 19.1. The van der Waals surface area contributed by atoms with Gasteiger partial charge in [-0.3, -0.25) is 9.48 Å². The van der Waals surface area contributed by atoms with Gasteiger partial charge >= 0.3 is 0 Å². The van der Waals surface area contributed by atoms with Gasteiger partial charge in [-0.2, -0.15) is 10.2 Å². The van der Waals surface area contributed by atoms with Crippen molar-refractivity contribution in [2.24, 2.45) is 0 Å². The Morgan fingerprint density at radius 2 is 1.85 bits per heavy atom. The number of aromatic nitrogens is 4. The summed E-state index contributed by atoms with van der Waals surface area (Å²) in [5, 5.41) is 11.6. The van der Waals surface area contributed by atoms with Crippen LogP contribution in [0.25, 0.3) is 0 Å². The Labute approximate surface area is 189 Å². The molecule has 0 atom stereocenters. The van der Waals surface area contributed by atoms with Gasteiger partial charge in [-0.1, -0.05) is 24.3 Å². The van der Waals surface area contributed by atoms with E-state index in [9.17, 15) is 13.6 Å². The summed E-state index contributed by atoms with van der Waals surface area (Å²) >= 11 is 0. The standard InChI is InChI=1S/C24H23F2N5O2/c1-15-6-4-5-7-18(15)13-31-17(3)23(16(2)28-31)27-24(32)21-10-11-30(29-21)14-33-22-9-8-19(25)12-20(22)26/h4-12H,13-14H2,1-3H3,(H,27,32). The molecule has 0 aliphatic carbocycles. The van der Waals surface area contributed by atoms with Crippen LogP contribution in [0.2, 0.25) is 0 Å². The highest BCUT2D eigenvalue weighted by molar-refractivity contribution is 6.03. The summed E-state index contributed by atoms with van der Waals surface area (Å²) in [5.41, 5.74) is 4.65. The van der Waals surface area contributed by atoms with Crippen molar-refractivity contribution in [2.45, 2.75) is 34.0 Å². The molecule has 4 rings (SSSR count). The van der Waals surface area contributed by atoms with Crippen molar-refractivity contribution in [1.82, 2.24) is 19.6 Å². The van der Waals surface area contributed by atoms with E-state index in [4.69, 9.17) is 4.74 Å². The first kappa shape index (κ1) is 22.2. The van der Waals surface area contributed by atoms with Gasteiger partial charge in [-0.25, -0.2) is 13.5 Å². The molecule has 170 valence electrons. The molecule has 4 aromatic rings. The number of carbonyl (C=O) groups is 1. The van der Waals surface area contributed by atoms with Gasteiger partial charge in [0.1, 0.15) is 5.82 Å². The zero-order valence-corrected chi connectivity index (χ0v) is 18.5. The number of aryl methyl sites for hydroxylation is 2. The molecular weight excluding hydrogens is 428 g/mol. The topological polar surface area (TPSA) is 74.0 Å². The van der Waals surface area contributed by atoms with E-state index in [1.54, 1.807) is 0 Å². The lowest BCUT2D eigenvalue weighted by atomic mass is 10.1. The number of anilines is 1. The fourth-order valence-corrected chi connectivity index (χ4v) is 3.44. The van der Waals surface area contributed by atoms with Crippen molar-refractivity contribution < 1.29 is 18.3 Å². The van der Waals surface area contributed by atoms with Crippen molar-refractivity contribution in [1.29, 1.82) is 0 Å². The molecule has 1 N–H and O–H groups in total. The summed E-state index contributed by atoms with van der Waals surface area (Å²) < 4.78 is 35.2. The van der Waals surface area contributed by atoms with Crippen LogP contribution in [0.15, 0.2) is 54.7 Å². The fraction of sp³-hybridized carbons (Fsp3) is 0.208. The van der Waals surface area contributed by atoms with Crippen LogP contribution in [-0.2, 0) is 13.3 Å². The third-order valence-electron chi connectivity index (χ3n) is 5.32. The number of hydrogen-bond donors (Lipinski definition) is 1. The van der Waals surface area contributed by atoms with Crippen LogP contribution in [0.5, 0.6) is 5.75 Å². The zero-order chi connectivity index (χ0) is 23.5. The Hall–Kier alpha value is -4.01. The molecule has 2 heterocycles. The quantitative estimate of drug-likeness (QED) is 0.445. The summed E-state index contributed by atoms with van der Waals surface area (Å²) in [7, 11) is 0. The van der Waals surface area contributed by atoms with Gasteiger partial charge in [-0.05, 0) is 50.1 Å². The lowest BCUT2D eigenvalue weighted by Gasteiger charge is -2.09. The maximum atomic E-state index is 13.7. The van der Waals surface area contributed by atoms with Crippen LogP contribution in [-0.4, -0.2) is 25.5 Å². The molecule has 0 aliphatic rings. The minimum atomic E-state index is -0.811. The van der Waals surface area contributed by atoms with E-state index in [1.165, 1.54) is 28.6 Å². The molecule has 0 bridgehead atoms. The first-order chi connectivity index (χ1) is 15.8. The Balaban J connectivity index is 1.43. The third-order valence-corrected chi connectivity index (χ3v) is 5.32.